The Morgan fingerprint density at radius 3 is 2.90 bits per heavy atom. The molecule has 0 spiro atoms. The molecule has 5 heteroatoms. The van der Waals surface area contributed by atoms with E-state index in [9.17, 15) is 4.79 Å². The van der Waals surface area contributed by atoms with Gasteiger partial charge in [0.1, 0.15) is 5.82 Å². The number of hydrogen-bond acceptors (Lipinski definition) is 4. The van der Waals surface area contributed by atoms with Crippen LogP contribution in [0.2, 0.25) is 0 Å². The molecule has 0 bridgehead atoms. The Morgan fingerprint density at radius 2 is 2.19 bits per heavy atom. The number of benzene rings is 1. The van der Waals surface area contributed by atoms with E-state index in [0.717, 1.165) is 42.3 Å². The average molecular weight is 283 g/mol. The number of rotatable bonds is 3. The molecule has 2 aromatic rings. The lowest BCUT2D eigenvalue weighted by atomic mass is 10.0. The van der Waals surface area contributed by atoms with Crippen molar-refractivity contribution in [2.24, 2.45) is 0 Å². The molecule has 1 saturated heterocycles. The summed E-state index contributed by atoms with van der Waals surface area (Å²) in [4.78, 5) is 20.1. The van der Waals surface area contributed by atoms with Gasteiger partial charge >= 0.3 is 5.97 Å². The molecule has 21 heavy (non-hydrogen) atoms. The van der Waals surface area contributed by atoms with E-state index in [-0.39, 0.29) is 5.56 Å². The number of nitrogens with zero attached hydrogens (tertiary/aromatic N) is 2. The SMILES string of the molecule is Cc1nc(-c2cccc(C(=O)O)c2)cc(C2CCNC2)n1. The van der Waals surface area contributed by atoms with Gasteiger partial charge in [0.2, 0.25) is 0 Å². The summed E-state index contributed by atoms with van der Waals surface area (Å²) in [7, 11) is 0. The van der Waals surface area contributed by atoms with Gasteiger partial charge in [-0.15, -0.1) is 0 Å². The molecule has 0 aliphatic carbocycles. The molecule has 1 aromatic heterocycles. The van der Waals surface area contributed by atoms with Crippen molar-refractivity contribution in [1.29, 1.82) is 0 Å². The second-order valence-corrected chi connectivity index (χ2v) is 5.30. The molecule has 1 fully saturated rings. The first kappa shape index (κ1) is 13.7. The van der Waals surface area contributed by atoms with E-state index in [1.807, 2.05) is 19.1 Å². The van der Waals surface area contributed by atoms with Gasteiger partial charge in [-0.2, -0.15) is 0 Å². The molecular weight excluding hydrogens is 266 g/mol. The summed E-state index contributed by atoms with van der Waals surface area (Å²) in [6.45, 7) is 3.82. The van der Waals surface area contributed by atoms with Crippen molar-refractivity contribution >= 4 is 5.97 Å². The van der Waals surface area contributed by atoms with Crippen molar-refractivity contribution in [2.75, 3.05) is 13.1 Å². The van der Waals surface area contributed by atoms with Gasteiger partial charge in [-0.05, 0) is 38.1 Å². The van der Waals surface area contributed by atoms with Gasteiger partial charge < -0.3 is 10.4 Å². The smallest absolute Gasteiger partial charge is 0.335 e. The molecule has 3 rings (SSSR count). The molecule has 1 aromatic carbocycles. The van der Waals surface area contributed by atoms with Crippen LogP contribution in [0.1, 0.15) is 34.2 Å². The first-order valence-electron chi connectivity index (χ1n) is 7.03. The first-order chi connectivity index (χ1) is 10.1. The zero-order valence-corrected chi connectivity index (χ0v) is 11.8. The summed E-state index contributed by atoms with van der Waals surface area (Å²) in [5, 5.41) is 12.4. The standard InChI is InChI=1S/C16H17N3O2/c1-10-18-14(8-15(19-10)13-5-6-17-9-13)11-3-2-4-12(7-11)16(20)21/h2-4,7-8,13,17H,5-6,9H2,1H3,(H,20,21). The molecule has 1 atom stereocenters. The minimum Gasteiger partial charge on any atom is -0.478 e. The van der Waals surface area contributed by atoms with Crippen LogP contribution in [-0.4, -0.2) is 34.1 Å². The Morgan fingerprint density at radius 1 is 1.33 bits per heavy atom. The van der Waals surface area contributed by atoms with Crippen molar-refractivity contribution < 1.29 is 9.90 Å². The van der Waals surface area contributed by atoms with E-state index in [1.54, 1.807) is 18.2 Å². The lowest BCUT2D eigenvalue weighted by molar-refractivity contribution is 0.0697. The topological polar surface area (TPSA) is 75.1 Å². The number of carbonyl (C=O) groups is 1. The highest BCUT2D eigenvalue weighted by Gasteiger charge is 2.19. The van der Waals surface area contributed by atoms with E-state index >= 15 is 0 Å². The molecule has 1 aliphatic heterocycles. The summed E-state index contributed by atoms with van der Waals surface area (Å²) in [5.41, 5.74) is 2.90. The van der Waals surface area contributed by atoms with E-state index in [0.29, 0.717) is 5.92 Å². The lowest BCUT2D eigenvalue weighted by Gasteiger charge is -2.11. The van der Waals surface area contributed by atoms with Crippen molar-refractivity contribution in [3.8, 4) is 11.3 Å². The van der Waals surface area contributed by atoms with Crippen molar-refractivity contribution in [2.45, 2.75) is 19.3 Å². The van der Waals surface area contributed by atoms with Crippen LogP contribution in [0.15, 0.2) is 30.3 Å². The van der Waals surface area contributed by atoms with Gasteiger partial charge in [-0.3, -0.25) is 0 Å². The number of nitrogens with one attached hydrogen (secondary N) is 1. The summed E-state index contributed by atoms with van der Waals surface area (Å²) < 4.78 is 0. The Hall–Kier alpha value is -2.27. The number of aromatic carboxylic acids is 1. The normalized spacial score (nSPS) is 17.9. The third-order valence-corrected chi connectivity index (χ3v) is 3.74. The fourth-order valence-electron chi connectivity index (χ4n) is 2.67. The third-order valence-electron chi connectivity index (χ3n) is 3.74. The number of aromatic nitrogens is 2. The molecule has 1 aliphatic rings. The largest absolute Gasteiger partial charge is 0.478 e. The van der Waals surface area contributed by atoms with Crippen LogP contribution in [0.4, 0.5) is 0 Å². The van der Waals surface area contributed by atoms with Crippen LogP contribution < -0.4 is 5.32 Å². The molecule has 0 radical (unpaired) electrons. The zero-order valence-electron chi connectivity index (χ0n) is 11.8. The fourth-order valence-corrected chi connectivity index (χ4v) is 2.67. The maximum absolute atomic E-state index is 11.1. The Labute approximate surface area is 123 Å². The van der Waals surface area contributed by atoms with Crippen LogP contribution in [-0.2, 0) is 0 Å². The van der Waals surface area contributed by atoms with E-state index in [1.165, 1.54) is 0 Å². The van der Waals surface area contributed by atoms with E-state index in [4.69, 9.17) is 5.11 Å². The van der Waals surface area contributed by atoms with Gasteiger partial charge in [0.05, 0.1) is 11.3 Å². The highest BCUT2D eigenvalue weighted by molar-refractivity contribution is 5.89. The maximum Gasteiger partial charge on any atom is 0.335 e. The number of carboxylic acids is 1. The third kappa shape index (κ3) is 2.92. The van der Waals surface area contributed by atoms with Gasteiger partial charge in [-0.1, -0.05) is 12.1 Å². The van der Waals surface area contributed by atoms with Crippen LogP contribution >= 0.6 is 0 Å². The molecule has 5 nitrogen and oxygen atoms in total. The predicted octanol–water partition coefficient (Wildman–Crippen LogP) is 2.23. The second-order valence-electron chi connectivity index (χ2n) is 5.30. The molecule has 0 amide bonds. The molecule has 108 valence electrons. The summed E-state index contributed by atoms with van der Waals surface area (Å²) in [5.74, 6) is 0.200. The maximum atomic E-state index is 11.1. The molecule has 1 unspecified atom stereocenters. The molecular formula is C16H17N3O2. The van der Waals surface area contributed by atoms with Crippen molar-refractivity contribution in [3.05, 3.63) is 47.4 Å². The fraction of sp³-hybridized carbons (Fsp3) is 0.312. The van der Waals surface area contributed by atoms with E-state index < -0.39 is 5.97 Å². The number of hydrogen-bond donors (Lipinski definition) is 2. The molecule has 2 N–H and O–H groups in total. The van der Waals surface area contributed by atoms with Gasteiger partial charge in [-0.25, -0.2) is 14.8 Å². The van der Waals surface area contributed by atoms with Crippen LogP contribution in [0.5, 0.6) is 0 Å². The van der Waals surface area contributed by atoms with Crippen LogP contribution in [0, 0.1) is 6.92 Å². The quantitative estimate of drug-likeness (QED) is 0.903. The summed E-state index contributed by atoms with van der Waals surface area (Å²) in [6.07, 6.45) is 1.07. The Bertz CT molecular complexity index is 679. The minimum absolute atomic E-state index is 0.271. The van der Waals surface area contributed by atoms with Crippen molar-refractivity contribution in [1.82, 2.24) is 15.3 Å². The lowest BCUT2D eigenvalue weighted by Crippen LogP contribution is -2.10. The molecule has 0 saturated carbocycles. The van der Waals surface area contributed by atoms with Crippen LogP contribution in [0.25, 0.3) is 11.3 Å². The highest BCUT2D eigenvalue weighted by Crippen LogP contribution is 2.25. The van der Waals surface area contributed by atoms with Gasteiger partial charge in [0.25, 0.3) is 0 Å². The minimum atomic E-state index is -0.928. The van der Waals surface area contributed by atoms with Gasteiger partial charge in [0, 0.05) is 23.7 Å². The number of carboxylic acid groups (broad SMARTS) is 1. The molecule has 2 heterocycles. The number of aryl methyl sites for hydroxylation is 1. The van der Waals surface area contributed by atoms with Gasteiger partial charge in [0.15, 0.2) is 0 Å². The van der Waals surface area contributed by atoms with Crippen LogP contribution in [0.3, 0.4) is 0 Å². The Balaban J connectivity index is 2.01. The Kier molecular flexibility index (Phi) is 3.66. The summed E-state index contributed by atoms with van der Waals surface area (Å²) in [6, 6.07) is 8.84. The zero-order chi connectivity index (χ0) is 14.8. The first-order valence-corrected chi connectivity index (χ1v) is 7.03. The van der Waals surface area contributed by atoms with E-state index in [2.05, 4.69) is 15.3 Å². The second kappa shape index (κ2) is 5.61. The average Bonchev–Trinajstić information content (AvgIpc) is 3.01. The highest BCUT2D eigenvalue weighted by atomic mass is 16.4. The summed E-state index contributed by atoms with van der Waals surface area (Å²) >= 11 is 0. The monoisotopic (exact) mass is 283 g/mol. The van der Waals surface area contributed by atoms with Crippen molar-refractivity contribution in [3.63, 3.8) is 0 Å². The predicted molar refractivity (Wildman–Crippen MR) is 79.4 cm³/mol.